The molecule has 1 amide bonds. The van der Waals surface area contributed by atoms with Crippen LogP contribution in [0.4, 0.5) is 5.95 Å². The van der Waals surface area contributed by atoms with Gasteiger partial charge in [0.2, 0.25) is 11.9 Å². The number of thioether (sulfide) groups is 1. The number of amides is 1. The Morgan fingerprint density at radius 3 is 2.86 bits per heavy atom. The Morgan fingerprint density at radius 2 is 2.23 bits per heavy atom. The van der Waals surface area contributed by atoms with Crippen LogP contribution in [0, 0.1) is 0 Å². The minimum absolute atomic E-state index is 0.0246. The van der Waals surface area contributed by atoms with Crippen LogP contribution in [0.1, 0.15) is 13.8 Å². The molecule has 0 spiro atoms. The van der Waals surface area contributed by atoms with Gasteiger partial charge in [0.25, 0.3) is 0 Å². The molecule has 0 aliphatic carbocycles. The molecule has 1 aromatic heterocycles. The van der Waals surface area contributed by atoms with E-state index < -0.39 is 0 Å². The quantitative estimate of drug-likeness (QED) is 0.594. The van der Waals surface area contributed by atoms with Gasteiger partial charge in [0, 0.05) is 26.2 Å². The number of hydrogen-bond donors (Lipinski definition) is 1. The van der Waals surface area contributed by atoms with Crippen molar-refractivity contribution in [2.75, 3.05) is 37.7 Å². The van der Waals surface area contributed by atoms with Crippen LogP contribution in [0.15, 0.2) is 17.8 Å². The van der Waals surface area contributed by atoms with Gasteiger partial charge in [0.1, 0.15) is 0 Å². The Labute approximate surface area is 135 Å². The lowest BCUT2D eigenvalue weighted by Crippen LogP contribution is -2.38. The Bertz CT molecular complexity index is 513. The summed E-state index contributed by atoms with van der Waals surface area (Å²) in [5, 5.41) is 11.9. The summed E-state index contributed by atoms with van der Waals surface area (Å²) in [4.78, 5) is 14.1. The monoisotopic (exact) mass is 325 g/mol. The summed E-state index contributed by atoms with van der Waals surface area (Å²) in [5.74, 6) is 0.829. The molecule has 1 fully saturated rings. The fraction of sp³-hybridized carbons (Fsp3) is 0.643. The van der Waals surface area contributed by atoms with Gasteiger partial charge >= 0.3 is 0 Å². The molecule has 1 saturated heterocycles. The highest BCUT2D eigenvalue weighted by atomic mass is 32.2. The Balaban J connectivity index is 2.06. The van der Waals surface area contributed by atoms with E-state index in [1.54, 1.807) is 6.08 Å². The number of ether oxygens (including phenoxy) is 1. The molecule has 122 valence electrons. The number of anilines is 1. The first-order chi connectivity index (χ1) is 10.7. The smallest absolute Gasteiger partial charge is 0.233 e. The van der Waals surface area contributed by atoms with Gasteiger partial charge in [-0.15, -0.1) is 16.8 Å². The Hall–Kier alpha value is -1.54. The lowest BCUT2D eigenvalue weighted by Gasteiger charge is -2.27. The summed E-state index contributed by atoms with van der Waals surface area (Å²) >= 11 is 1.42. The first-order valence-corrected chi connectivity index (χ1v) is 8.36. The molecular formula is C14H23N5O2S. The largest absolute Gasteiger partial charge is 0.378 e. The van der Waals surface area contributed by atoms with E-state index >= 15 is 0 Å². The minimum atomic E-state index is -0.230. The fourth-order valence-corrected chi connectivity index (χ4v) is 3.10. The van der Waals surface area contributed by atoms with E-state index in [0.29, 0.717) is 19.8 Å². The lowest BCUT2D eigenvalue weighted by molar-refractivity contribution is -0.120. The van der Waals surface area contributed by atoms with Crippen molar-refractivity contribution in [1.29, 1.82) is 0 Å². The molecule has 2 heterocycles. The highest BCUT2D eigenvalue weighted by molar-refractivity contribution is 8.00. The van der Waals surface area contributed by atoms with Gasteiger partial charge < -0.3 is 15.0 Å². The van der Waals surface area contributed by atoms with Crippen LogP contribution in [0.5, 0.6) is 0 Å². The molecule has 1 aliphatic rings. The van der Waals surface area contributed by atoms with E-state index in [9.17, 15) is 4.79 Å². The van der Waals surface area contributed by atoms with E-state index in [-0.39, 0.29) is 11.2 Å². The summed E-state index contributed by atoms with van der Waals surface area (Å²) in [6.45, 7) is 11.8. The number of hydrogen-bond acceptors (Lipinski definition) is 6. The summed E-state index contributed by atoms with van der Waals surface area (Å²) in [6, 6.07) is 0. The number of rotatable bonds is 7. The van der Waals surface area contributed by atoms with Crippen molar-refractivity contribution in [2.24, 2.45) is 0 Å². The standard InChI is InChI=1S/C14H23N5O2S/c1-4-6-15-12(20)11(3)22-14-17-16-13(19(14)5-2)18-7-9-21-10-8-18/h4,11H,1,5-10H2,2-3H3,(H,15,20)/t11-/m0/s1. The van der Waals surface area contributed by atoms with Crippen LogP contribution < -0.4 is 10.2 Å². The zero-order valence-corrected chi connectivity index (χ0v) is 13.9. The number of aromatic nitrogens is 3. The first kappa shape index (κ1) is 16.8. The van der Waals surface area contributed by atoms with Crippen molar-refractivity contribution in [3.63, 3.8) is 0 Å². The number of morpholine rings is 1. The van der Waals surface area contributed by atoms with Crippen molar-refractivity contribution in [1.82, 2.24) is 20.1 Å². The van der Waals surface area contributed by atoms with E-state index in [4.69, 9.17) is 4.74 Å². The summed E-state index contributed by atoms with van der Waals surface area (Å²) in [7, 11) is 0. The van der Waals surface area contributed by atoms with E-state index in [1.165, 1.54) is 11.8 Å². The van der Waals surface area contributed by atoms with Crippen LogP contribution in [0.25, 0.3) is 0 Å². The highest BCUT2D eigenvalue weighted by Gasteiger charge is 2.22. The molecule has 2 rings (SSSR count). The molecule has 0 aromatic carbocycles. The molecule has 1 atom stereocenters. The maximum atomic E-state index is 12.0. The molecule has 0 unspecified atom stereocenters. The third-order valence-corrected chi connectivity index (χ3v) is 4.46. The maximum absolute atomic E-state index is 12.0. The second kappa shape index (κ2) is 8.19. The second-order valence-corrected chi connectivity index (χ2v) is 6.23. The van der Waals surface area contributed by atoms with Gasteiger partial charge in [-0.1, -0.05) is 17.8 Å². The molecule has 0 saturated carbocycles. The molecule has 1 aromatic rings. The van der Waals surface area contributed by atoms with Crippen molar-refractivity contribution < 1.29 is 9.53 Å². The van der Waals surface area contributed by atoms with Gasteiger partial charge in [-0.05, 0) is 13.8 Å². The lowest BCUT2D eigenvalue weighted by atomic mass is 10.4. The topological polar surface area (TPSA) is 72.3 Å². The first-order valence-electron chi connectivity index (χ1n) is 7.48. The number of nitrogens with zero attached hydrogens (tertiary/aromatic N) is 4. The van der Waals surface area contributed by atoms with Gasteiger partial charge in [-0.2, -0.15) is 0 Å². The highest BCUT2D eigenvalue weighted by Crippen LogP contribution is 2.26. The van der Waals surface area contributed by atoms with E-state index in [1.807, 2.05) is 11.5 Å². The Morgan fingerprint density at radius 1 is 1.50 bits per heavy atom. The zero-order valence-electron chi connectivity index (χ0n) is 13.1. The molecular weight excluding hydrogens is 302 g/mol. The van der Waals surface area contributed by atoms with Gasteiger partial charge in [-0.25, -0.2) is 0 Å². The maximum Gasteiger partial charge on any atom is 0.233 e. The summed E-state index contributed by atoms with van der Waals surface area (Å²) in [5.41, 5.74) is 0. The molecule has 22 heavy (non-hydrogen) atoms. The number of carbonyl (C=O) groups excluding carboxylic acids is 1. The van der Waals surface area contributed by atoms with Crippen molar-refractivity contribution in [2.45, 2.75) is 30.8 Å². The van der Waals surface area contributed by atoms with E-state index in [0.717, 1.165) is 30.7 Å². The average molecular weight is 325 g/mol. The van der Waals surface area contributed by atoms with Crippen LogP contribution >= 0.6 is 11.8 Å². The predicted molar refractivity (Wildman–Crippen MR) is 87.3 cm³/mol. The predicted octanol–water partition coefficient (Wildman–Crippen LogP) is 0.917. The molecule has 1 aliphatic heterocycles. The average Bonchev–Trinajstić information content (AvgIpc) is 2.95. The SMILES string of the molecule is C=CCNC(=O)[C@H](C)Sc1nnc(N2CCOCC2)n1CC. The number of carbonyl (C=O) groups is 1. The molecule has 1 N–H and O–H groups in total. The van der Waals surface area contributed by atoms with Gasteiger partial charge in [0.15, 0.2) is 5.16 Å². The van der Waals surface area contributed by atoms with Crippen LogP contribution in [0.3, 0.4) is 0 Å². The normalized spacial score (nSPS) is 16.4. The molecule has 8 heteroatoms. The van der Waals surface area contributed by atoms with Crippen LogP contribution in [0.2, 0.25) is 0 Å². The van der Waals surface area contributed by atoms with Crippen molar-refractivity contribution >= 4 is 23.6 Å². The number of nitrogens with one attached hydrogen (secondary N) is 1. The fourth-order valence-electron chi connectivity index (χ4n) is 2.17. The van der Waals surface area contributed by atoms with E-state index in [2.05, 4.69) is 33.9 Å². The van der Waals surface area contributed by atoms with Crippen molar-refractivity contribution in [3.05, 3.63) is 12.7 Å². The Kier molecular flexibility index (Phi) is 6.26. The van der Waals surface area contributed by atoms with Crippen molar-refractivity contribution in [3.8, 4) is 0 Å². The van der Waals surface area contributed by atoms with Crippen LogP contribution in [-0.4, -0.2) is 58.8 Å². The minimum Gasteiger partial charge on any atom is -0.378 e. The molecule has 0 radical (unpaired) electrons. The third-order valence-electron chi connectivity index (χ3n) is 3.38. The summed E-state index contributed by atoms with van der Waals surface area (Å²) < 4.78 is 7.42. The molecule has 7 nitrogen and oxygen atoms in total. The van der Waals surface area contributed by atoms with Gasteiger partial charge in [0.05, 0.1) is 18.5 Å². The summed E-state index contributed by atoms with van der Waals surface area (Å²) in [6.07, 6.45) is 1.67. The molecule has 0 bridgehead atoms. The van der Waals surface area contributed by atoms with Crippen LogP contribution in [-0.2, 0) is 16.1 Å². The zero-order chi connectivity index (χ0) is 15.9. The second-order valence-electron chi connectivity index (χ2n) is 4.92. The third kappa shape index (κ3) is 4.01. The van der Waals surface area contributed by atoms with Gasteiger partial charge in [-0.3, -0.25) is 9.36 Å².